The number of alkyl halides is 3. The van der Waals surface area contributed by atoms with Gasteiger partial charge in [0.25, 0.3) is 0 Å². The second-order valence-corrected chi connectivity index (χ2v) is 5.10. The Morgan fingerprint density at radius 3 is 2.62 bits per heavy atom. The Morgan fingerprint density at radius 2 is 2.05 bits per heavy atom. The van der Waals surface area contributed by atoms with Gasteiger partial charge in [-0.05, 0) is 24.5 Å². The molecule has 0 spiro atoms. The Balaban J connectivity index is 2.60. The summed E-state index contributed by atoms with van der Waals surface area (Å²) in [6.07, 6.45) is -4.13. The number of halogens is 3. The predicted molar refractivity (Wildman–Crippen MR) is 74.8 cm³/mol. The Labute approximate surface area is 120 Å². The van der Waals surface area contributed by atoms with Gasteiger partial charge in [-0.1, -0.05) is 26.0 Å². The van der Waals surface area contributed by atoms with Crippen LogP contribution in [-0.4, -0.2) is 11.3 Å². The lowest BCUT2D eigenvalue weighted by Gasteiger charge is -2.14. The number of ether oxygens (including phenoxy) is 1. The van der Waals surface area contributed by atoms with Crippen LogP contribution in [0.3, 0.4) is 0 Å². The molecular formula is C14H16F3N3O. The maximum atomic E-state index is 12.5. The topological polar surface area (TPSA) is 60.2 Å². The minimum atomic E-state index is -4.76. The number of hydrogen-bond donors (Lipinski definition) is 2. The summed E-state index contributed by atoms with van der Waals surface area (Å²) in [5, 5.41) is 0.478. The molecule has 1 heterocycles. The molecule has 0 radical (unpaired) electrons. The third-order valence-corrected chi connectivity index (χ3v) is 2.85. The number of nitrogen functional groups attached to an aromatic ring is 1. The van der Waals surface area contributed by atoms with E-state index in [0.29, 0.717) is 29.1 Å². The highest BCUT2D eigenvalue weighted by Gasteiger charge is 2.32. The van der Waals surface area contributed by atoms with Gasteiger partial charge in [-0.2, -0.15) is 0 Å². The highest BCUT2D eigenvalue weighted by atomic mass is 19.4. The van der Waals surface area contributed by atoms with Crippen LogP contribution in [0.5, 0.6) is 5.75 Å². The summed E-state index contributed by atoms with van der Waals surface area (Å²) in [5.41, 5.74) is 3.81. The van der Waals surface area contributed by atoms with Crippen molar-refractivity contribution in [2.75, 3.05) is 5.43 Å². The van der Waals surface area contributed by atoms with E-state index in [1.807, 2.05) is 13.8 Å². The van der Waals surface area contributed by atoms with Crippen LogP contribution in [-0.2, 0) is 6.42 Å². The maximum absolute atomic E-state index is 12.5. The Hall–Kier alpha value is -2.02. The lowest BCUT2D eigenvalue weighted by molar-refractivity contribution is -0.274. The molecular weight excluding hydrogens is 283 g/mol. The fourth-order valence-electron chi connectivity index (χ4n) is 2.12. The van der Waals surface area contributed by atoms with E-state index in [9.17, 15) is 13.2 Å². The molecule has 7 heteroatoms. The number of nitrogens with one attached hydrogen (secondary N) is 1. The molecule has 1 aromatic heterocycles. The van der Waals surface area contributed by atoms with Gasteiger partial charge in [0.05, 0.1) is 5.69 Å². The van der Waals surface area contributed by atoms with E-state index in [-0.39, 0.29) is 11.3 Å². The fraction of sp³-hybridized carbons (Fsp3) is 0.357. The van der Waals surface area contributed by atoms with E-state index >= 15 is 0 Å². The van der Waals surface area contributed by atoms with Crippen LogP contribution in [0.1, 0.15) is 19.5 Å². The minimum Gasteiger partial charge on any atom is -0.403 e. The number of hydrogen-bond acceptors (Lipinski definition) is 4. The maximum Gasteiger partial charge on any atom is 0.573 e. The molecule has 0 saturated heterocycles. The van der Waals surface area contributed by atoms with Gasteiger partial charge >= 0.3 is 6.36 Å². The molecule has 0 saturated carbocycles. The molecule has 0 amide bonds. The van der Waals surface area contributed by atoms with Gasteiger partial charge in [0, 0.05) is 11.1 Å². The number of aromatic nitrogens is 1. The van der Waals surface area contributed by atoms with Crippen LogP contribution in [0.25, 0.3) is 10.9 Å². The molecule has 21 heavy (non-hydrogen) atoms. The van der Waals surface area contributed by atoms with Crippen molar-refractivity contribution in [3.8, 4) is 5.75 Å². The van der Waals surface area contributed by atoms with Gasteiger partial charge < -0.3 is 10.2 Å². The lowest BCUT2D eigenvalue weighted by Crippen LogP contribution is -2.18. The van der Waals surface area contributed by atoms with Crippen LogP contribution < -0.4 is 16.0 Å². The molecule has 0 fully saturated rings. The first-order chi connectivity index (χ1) is 9.80. The summed E-state index contributed by atoms with van der Waals surface area (Å²) in [4.78, 5) is 4.29. The number of benzene rings is 1. The molecule has 0 aliphatic rings. The van der Waals surface area contributed by atoms with Crippen LogP contribution in [0.4, 0.5) is 18.9 Å². The number of hydrazine groups is 1. The molecule has 114 valence electrons. The summed E-state index contributed by atoms with van der Waals surface area (Å²) < 4.78 is 41.5. The zero-order valence-electron chi connectivity index (χ0n) is 11.7. The monoisotopic (exact) mass is 299 g/mol. The predicted octanol–water partition coefficient (Wildman–Crippen LogP) is 3.62. The molecule has 0 aliphatic carbocycles. The van der Waals surface area contributed by atoms with Crippen LogP contribution >= 0.6 is 0 Å². The molecule has 2 aromatic rings. The average molecular weight is 299 g/mol. The summed E-state index contributed by atoms with van der Waals surface area (Å²) >= 11 is 0. The van der Waals surface area contributed by atoms with Crippen molar-refractivity contribution in [3.63, 3.8) is 0 Å². The standard InChI is InChI=1S/C14H16F3N3O/c1-8(2)6-9-7-11(20-18)10-4-3-5-12(13(10)19-9)21-14(15,16)17/h3-5,7-8H,6,18H2,1-2H3,(H,19,20). The van der Waals surface area contributed by atoms with Gasteiger partial charge in [0.15, 0.2) is 5.75 Å². The zero-order valence-corrected chi connectivity index (χ0v) is 11.7. The quantitative estimate of drug-likeness (QED) is 0.668. The summed E-state index contributed by atoms with van der Waals surface area (Å²) in [6.45, 7) is 4.00. The molecule has 2 rings (SSSR count). The minimum absolute atomic E-state index is 0.140. The van der Waals surface area contributed by atoms with Crippen LogP contribution in [0.2, 0.25) is 0 Å². The van der Waals surface area contributed by atoms with Crippen molar-refractivity contribution < 1.29 is 17.9 Å². The molecule has 3 N–H and O–H groups in total. The zero-order chi connectivity index (χ0) is 15.6. The molecule has 0 aliphatic heterocycles. The van der Waals surface area contributed by atoms with Gasteiger partial charge in [-0.25, -0.2) is 4.98 Å². The van der Waals surface area contributed by atoms with E-state index in [1.54, 1.807) is 12.1 Å². The van der Waals surface area contributed by atoms with E-state index in [4.69, 9.17) is 5.84 Å². The van der Waals surface area contributed by atoms with Crippen LogP contribution in [0.15, 0.2) is 24.3 Å². The number of nitrogens with two attached hydrogens (primary N) is 1. The Kier molecular flexibility index (Phi) is 4.22. The van der Waals surface area contributed by atoms with Gasteiger partial charge in [-0.15, -0.1) is 13.2 Å². The summed E-state index contributed by atoms with van der Waals surface area (Å²) in [6, 6.07) is 6.08. The number of para-hydroxylation sites is 1. The van der Waals surface area contributed by atoms with E-state index in [0.717, 1.165) is 0 Å². The average Bonchev–Trinajstić information content (AvgIpc) is 2.36. The second-order valence-electron chi connectivity index (χ2n) is 5.10. The Bertz CT molecular complexity index is 641. The largest absolute Gasteiger partial charge is 0.573 e. The molecule has 0 atom stereocenters. The normalized spacial score (nSPS) is 12.0. The first kappa shape index (κ1) is 15.4. The summed E-state index contributed by atoms with van der Waals surface area (Å²) in [5.74, 6) is 5.44. The van der Waals surface area contributed by atoms with Gasteiger partial charge in [-0.3, -0.25) is 5.84 Å². The molecule has 4 nitrogen and oxygen atoms in total. The molecule has 0 bridgehead atoms. The first-order valence-electron chi connectivity index (χ1n) is 6.45. The second kappa shape index (κ2) is 5.77. The SMILES string of the molecule is CC(C)Cc1cc(NN)c2cccc(OC(F)(F)F)c2n1. The lowest BCUT2D eigenvalue weighted by atomic mass is 10.1. The smallest absolute Gasteiger partial charge is 0.403 e. The third kappa shape index (κ3) is 3.75. The Morgan fingerprint density at radius 1 is 1.33 bits per heavy atom. The summed E-state index contributed by atoms with van der Waals surface area (Å²) in [7, 11) is 0. The van der Waals surface area contributed by atoms with E-state index in [1.165, 1.54) is 12.1 Å². The number of nitrogens with zero attached hydrogens (tertiary/aromatic N) is 1. The van der Waals surface area contributed by atoms with E-state index in [2.05, 4.69) is 15.1 Å². The van der Waals surface area contributed by atoms with Gasteiger partial charge in [0.1, 0.15) is 5.52 Å². The number of anilines is 1. The highest BCUT2D eigenvalue weighted by Crippen LogP contribution is 2.33. The molecule has 0 unspecified atom stereocenters. The van der Waals surface area contributed by atoms with Crippen molar-refractivity contribution in [2.45, 2.75) is 26.6 Å². The third-order valence-electron chi connectivity index (χ3n) is 2.85. The number of rotatable bonds is 4. The van der Waals surface area contributed by atoms with Crippen molar-refractivity contribution in [3.05, 3.63) is 30.0 Å². The van der Waals surface area contributed by atoms with Crippen molar-refractivity contribution in [1.82, 2.24) is 4.98 Å². The van der Waals surface area contributed by atoms with Crippen LogP contribution in [0, 0.1) is 5.92 Å². The van der Waals surface area contributed by atoms with Crippen molar-refractivity contribution >= 4 is 16.6 Å². The van der Waals surface area contributed by atoms with Gasteiger partial charge in [0.2, 0.25) is 0 Å². The van der Waals surface area contributed by atoms with Crippen molar-refractivity contribution in [2.24, 2.45) is 11.8 Å². The number of fused-ring (bicyclic) bond motifs is 1. The van der Waals surface area contributed by atoms with E-state index < -0.39 is 6.36 Å². The van der Waals surface area contributed by atoms with Crippen molar-refractivity contribution in [1.29, 1.82) is 0 Å². The first-order valence-corrected chi connectivity index (χ1v) is 6.45. The highest BCUT2D eigenvalue weighted by molar-refractivity contribution is 5.95. The fourth-order valence-corrected chi connectivity index (χ4v) is 2.12. The number of pyridine rings is 1. The molecule has 1 aromatic carbocycles.